The molecule has 2 N–H and O–H groups in total. The summed E-state index contributed by atoms with van der Waals surface area (Å²) in [7, 11) is -0.557. The Morgan fingerprint density at radius 1 is 0.909 bits per heavy atom. The second-order valence-electron chi connectivity index (χ2n) is 6.26. The van der Waals surface area contributed by atoms with E-state index in [-0.39, 0.29) is 21.7 Å². The molecule has 2 aromatic carbocycles. The van der Waals surface area contributed by atoms with Gasteiger partial charge in [0.25, 0.3) is 5.91 Å². The summed E-state index contributed by atoms with van der Waals surface area (Å²) < 4.78 is 53.6. The topological polar surface area (TPSA) is 154 Å². The number of benzene rings is 2. The number of carbonyl (C=O) groups is 4. The van der Waals surface area contributed by atoms with Gasteiger partial charge >= 0.3 is 17.9 Å². The lowest BCUT2D eigenvalue weighted by molar-refractivity contribution is -0.119. The molecule has 0 aromatic heterocycles. The van der Waals surface area contributed by atoms with Gasteiger partial charge in [-0.1, -0.05) is 0 Å². The predicted molar refractivity (Wildman–Crippen MR) is 111 cm³/mol. The fourth-order valence-corrected chi connectivity index (χ4v) is 3.28. The van der Waals surface area contributed by atoms with Crippen molar-refractivity contribution in [1.29, 1.82) is 0 Å². The monoisotopic (exact) mass is 482 g/mol. The average molecular weight is 482 g/mol. The van der Waals surface area contributed by atoms with Gasteiger partial charge in [-0.3, -0.25) is 4.79 Å². The van der Waals surface area contributed by atoms with Crippen LogP contribution in [-0.2, 0) is 29.0 Å². The standard InChI is InChI=1S/C20H19FN2O9S/c1-22-33(28,29)14-4-5-16(21)15(9-14)20(27)32-10-17(24)23-13-7-11(18(25)30-2)6-12(8-13)19(26)31-3/h4-9,22H,10H2,1-3H3,(H,23,24). The molecule has 13 heteroatoms. The van der Waals surface area contributed by atoms with Crippen LogP contribution in [0.15, 0.2) is 41.3 Å². The predicted octanol–water partition coefficient (Wildman–Crippen LogP) is 1.10. The highest BCUT2D eigenvalue weighted by atomic mass is 32.2. The SMILES string of the molecule is CNS(=O)(=O)c1ccc(F)c(C(=O)OCC(=O)Nc2cc(C(=O)OC)cc(C(=O)OC)c2)c1. The van der Waals surface area contributed by atoms with Gasteiger partial charge in [0, 0.05) is 5.69 Å². The van der Waals surface area contributed by atoms with Crippen molar-refractivity contribution in [2.75, 3.05) is 33.2 Å². The highest BCUT2D eigenvalue weighted by Gasteiger charge is 2.21. The molecule has 11 nitrogen and oxygen atoms in total. The maximum absolute atomic E-state index is 14.0. The third-order valence-electron chi connectivity index (χ3n) is 4.13. The summed E-state index contributed by atoms with van der Waals surface area (Å²) in [6, 6.07) is 6.12. The van der Waals surface area contributed by atoms with Gasteiger partial charge in [-0.15, -0.1) is 0 Å². The number of amides is 1. The van der Waals surface area contributed by atoms with E-state index >= 15 is 0 Å². The number of nitrogens with one attached hydrogen (secondary N) is 2. The second-order valence-corrected chi connectivity index (χ2v) is 8.14. The number of sulfonamides is 1. The van der Waals surface area contributed by atoms with Crippen LogP contribution in [0.3, 0.4) is 0 Å². The van der Waals surface area contributed by atoms with Crippen LogP contribution in [-0.4, -0.2) is 60.1 Å². The van der Waals surface area contributed by atoms with Crippen LogP contribution in [0.4, 0.5) is 10.1 Å². The van der Waals surface area contributed by atoms with Crippen molar-refractivity contribution in [2.45, 2.75) is 4.90 Å². The smallest absolute Gasteiger partial charge is 0.341 e. The summed E-state index contributed by atoms with van der Waals surface area (Å²) in [6.07, 6.45) is 0. The van der Waals surface area contributed by atoms with Gasteiger partial charge in [-0.2, -0.15) is 0 Å². The minimum absolute atomic E-state index is 0.00681. The van der Waals surface area contributed by atoms with Crippen molar-refractivity contribution in [3.63, 3.8) is 0 Å². The normalized spacial score (nSPS) is 10.8. The van der Waals surface area contributed by atoms with E-state index in [0.29, 0.717) is 0 Å². The zero-order valence-corrected chi connectivity index (χ0v) is 18.4. The van der Waals surface area contributed by atoms with E-state index in [1.807, 2.05) is 4.72 Å². The van der Waals surface area contributed by atoms with Gasteiger partial charge in [0.2, 0.25) is 10.0 Å². The first-order chi connectivity index (χ1) is 15.5. The molecule has 176 valence electrons. The number of hydrogen-bond acceptors (Lipinski definition) is 9. The van der Waals surface area contributed by atoms with E-state index in [1.54, 1.807) is 0 Å². The quantitative estimate of drug-likeness (QED) is 0.416. The molecule has 0 unspecified atom stereocenters. The van der Waals surface area contributed by atoms with Gasteiger partial charge < -0.3 is 19.5 Å². The molecule has 2 aromatic rings. The van der Waals surface area contributed by atoms with Crippen LogP contribution in [0.1, 0.15) is 31.1 Å². The Morgan fingerprint density at radius 2 is 1.48 bits per heavy atom. The van der Waals surface area contributed by atoms with E-state index in [9.17, 15) is 32.0 Å². The number of ether oxygens (including phenoxy) is 3. The molecule has 1 amide bonds. The van der Waals surface area contributed by atoms with Gasteiger partial charge in [-0.25, -0.2) is 31.9 Å². The third-order valence-corrected chi connectivity index (χ3v) is 5.54. The first kappa shape index (κ1) is 25.4. The molecule has 33 heavy (non-hydrogen) atoms. The van der Waals surface area contributed by atoms with Crippen LogP contribution in [0.2, 0.25) is 0 Å². The lowest BCUT2D eigenvalue weighted by Gasteiger charge is -2.10. The molecule has 0 aliphatic rings. The summed E-state index contributed by atoms with van der Waals surface area (Å²) in [5.41, 5.74) is -0.818. The summed E-state index contributed by atoms with van der Waals surface area (Å²) in [5, 5.41) is 2.32. The number of esters is 3. The molecule has 0 saturated carbocycles. The van der Waals surface area contributed by atoms with Crippen molar-refractivity contribution in [3.8, 4) is 0 Å². The van der Waals surface area contributed by atoms with Crippen molar-refractivity contribution < 1.29 is 46.2 Å². The minimum Gasteiger partial charge on any atom is -0.465 e. The highest BCUT2D eigenvalue weighted by Crippen LogP contribution is 2.18. The Morgan fingerprint density at radius 3 is 2.00 bits per heavy atom. The van der Waals surface area contributed by atoms with E-state index in [1.165, 1.54) is 18.2 Å². The van der Waals surface area contributed by atoms with Crippen molar-refractivity contribution >= 4 is 39.5 Å². The molecule has 0 heterocycles. The van der Waals surface area contributed by atoms with Crippen LogP contribution < -0.4 is 10.0 Å². The van der Waals surface area contributed by atoms with E-state index in [4.69, 9.17) is 4.74 Å². The lowest BCUT2D eigenvalue weighted by atomic mass is 10.1. The molecule has 0 atom stereocenters. The Labute approximate surface area is 187 Å². The zero-order valence-electron chi connectivity index (χ0n) is 17.6. The highest BCUT2D eigenvalue weighted by molar-refractivity contribution is 7.89. The number of carbonyl (C=O) groups excluding carboxylic acids is 4. The van der Waals surface area contributed by atoms with Crippen LogP contribution in [0.5, 0.6) is 0 Å². The molecule has 0 aliphatic heterocycles. The van der Waals surface area contributed by atoms with Gasteiger partial charge in [0.15, 0.2) is 6.61 Å². The van der Waals surface area contributed by atoms with Gasteiger partial charge in [-0.05, 0) is 43.4 Å². The zero-order chi connectivity index (χ0) is 24.8. The first-order valence-corrected chi connectivity index (χ1v) is 10.5. The number of hydrogen-bond donors (Lipinski definition) is 2. The molecule has 0 spiro atoms. The average Bonchev–Trinajstić information content (AvgIpc) is 2.81. The molecule has 0 saturated heterocycles. The fraction of sp³-hybridized carbons (Fsp3) is 0.200. The second kappa shape index (κ2) is 10.7. The number of anilines is 1. The van der Waals surface area contributed by atoms with E-state index in [0.717, 1.165) is 39.5 Å². The van der Waals surface area contributed by atoms with Crippen molar-refractivity contribution in [1.82, 2.24) is 4.72 Å². The molecule has 2 rings (SSSR count). The van der Waals surface area contributed by atoms with Crippen LogP contribution in [0, 0.1) is 5.82 Å². The number of rotatable bonds is 8. The minimum atomic E-state index is -3.95. The summed E-state index contributed by atoms with van der Waals surface area (Å²) >= 11 is 0. The summed E-state index contributed by atoms with van der Waals surface area (Å²) in [5.74, 6) is -4.79. The lowest BCUT2D eigenvalue weighted by Crippen LogP contribution is -2.23. The Kier molecular flexibility index (Phi) is 8.21. The van der Waals surface area contributed by atoms with E-state index in [2.05, 4.69) is 14.8 Å². The van der Waals surface area contributed by atoms with Crippen LogP contribution in [0.25, 0.3) is 0 Å². The summed E-state index contributed by atoms with van der Waals surface area (Å²) in [6.45, 7) is -0.878. The van der Waals surface area contributed by atoms with Gasteiger partial charge in [0.1, 0.15) is 5.82 Å². The summed E-state index contributed by atoms with van der Waals surface area (Å²) in [4.78, 5) is 47.6. The van der Waals surface area contributed by atoms with Crippen molar-refractivity contribution in [3.05, 3.63) is 58.9 Å². The van der Waals surface area contributed by atoms with Gasteiger partial charge in [0.05, 0.1) is 35.8 Å². The number of methoxy groups -OCH3 is 2. The molecular formula is C20H19FN2O9S. The number of halogens is 1. The third kappa shape index (κ3) is 6.33. The molecule has 0 radical (unpaired) electrons. The maximum Gasteiger partial charge on any atom is 0.341 e. The molecular weight excluding hydrogens is 463 g/mol. The molecule has 0 bridgehead atoms. The van der Waals surface area contributed by atoms with Crippen LogP contribution >= 0.6 is 0 Å². The fourth-order valence-electron chi connectivity index (χ4n) is 2.52. The Bertz CT molecular complexity index is 1180. The van der Waals surface area contributed by atoms with E-state index < -0.39 is 51.8 Å². The Balaban J connectivity index is 2.16. The first-order valence-electron chi connectivity index (χ1n) is 9.04. The largest absolute Gasteiger partial charge is 0.465 e. The van der Waals surface area contributed by atoms with Crippen molar-refractivity contribution in [2.24, 2.45) is 0 Å². The molecule has 0 fully saturated rings. The maximum atomic E-state index is 14.0. The Hall–Kier alpha value is -3.84. The molecule has 0 aliphatic carbocycles.